The molecular formula is C14H27N3O3. The maximum Gasteiger partial charge on any atom is 0.106 e. The van der Waals surface area contributed by atoms with Crippen LogP contribution in [0.5, 0.6) is 0 Å². The minimum Gasteiger partial charge on any atom is -0.399 e. The average molecular weight is 286 g/mol. The Balaban J connectivity index is 4.54. The molecular weight excluding hydrogens is 258 g/mol. The molecule has 20 heavy (non-hydrogen) atoms. The standard InChI is InChI=1S/C14H27N3O3/c1-6-12(15-18-3)8-10-14(17-20-5)11-9-13(7-2)16-19-4/h6-11H2,1-5H3/b15-12+,16-13+/i6D/b15-12+,16-13+,17-14+. The molecule has 6 nitrogen and oxygen atoms in total. The van der Waals surface area contributed by atoms with Crippen LogP contribution in [0.4, 0.5) is 0 Å². The number of nitrogens with zero attached hydrogens (tertiary/aromatic N) is 3. The Kier molecular flexibility index (Phi) is 10.2. The van der Waals surface area contributed by atoms with E-state index in [1.165, 1.54) is 14.2 Å². The Bertz CT molecular complexity index is 368. The number of rotatable bonds is 11. The van der Waals surface area contributed by atoms with Crippen LogP contribution in [0.2, 0.25) is 0 Å². The van der Waals surface area contributed by atoms with Gasteiger partial charge in [0.05, 0.1) is 17.1 Å². The van der Waals surface area contributed by atoms with E-state index in [1.807, 2.05) is 6.92 Å². The highest BCUT2D eigenvalue weighted by atomic mass is 16.6. The van der Waals surface area contributed by atoms with Crippen molar-refractivity contribution in [3.8, 4) is 0 Å². The fourth-order valence-corrected chi connectivity index (χ4v) is 1.68. The second kappa shape index (κ2) is 12.4. The van der Waals surface area contributed by atoms with E-state index >= 15 is 0 Å². The summed E-state index contributed by atoms with van der Waals surface area (Å²) in [5.74, 6) is 0. The van der Waals surface area contributed by atoms with Crippen molar-refractivity contribution in [1.82, 2.24) is 0 Å². The smallest absolute Gasteiger partial charge is 0.106 e. The molecule has 0 N–H and O–H groups in total. The summed E-state index contributed by atoms with van der Waals surface area (Å²) < 4.78 is 7.72. The Morgan fingerprint density at radius 2 is 1.15 bits per heavy atom. The van der Waals surface area contributed by atoms with Crippen LogP contribution in [0, 0.1) is 0 Å². The molecule has 1 atom stereocenters. The molecule has 0 rings (SSSR count). The summed E-state index contributed by atoms with van der Waals surface area (Å²) in [6, 6.07) is 0. The molecule has 0 aliphatic rings. The maximum atomic E-state index is 7.72. The molecule has 0 spiro atoms. The predicted molar refractivity (Wildman–Crippen MR) is 82.4 cm³/mol. The van der Waals surface area contributed by atoms with Crippen LogP contribution < -0.4 is 0 Å². The Morgan fingerprint density at radius 3 is 1.60 bits per heavy atom. The molecule has 0 fully saturated rings. The highest BCUT2D eigenvalue weighted by molar-refractivity contribution is 5.94. The van der Waals surface area contributed by atoms with Crippen molar-refractivity contribution in [1.29, 1.82) is 0 Å². The van der Waals surface area contributed by atoms with Crippen LogP contribution in [0.25, 0.3) is 0 Å². The molecule has 0 radical (unpaired) electrons. The van der Waals surface area contributed by atoms with E-state index in [0.29, 0.717) is 18.6 Å². The lowest BCUT2D eigenvalue weighted by atomic mass is 10.0. The van der Waals surface area contributed by atoms with Crippen molar-refractivity contribution in [2.75, 3.05) is 21.3 Å². The summed E-state index contributed by atoms with van der Waals surface area (Å²) in [6.07, 6.45) is 3.28. The molecule has 116 valence electrons. The Labute approximate surface area is 123 Å². The summed E-state index contributed by atoms with van der Waals surface area (Å²) in [6.45, 7) is 3.81. The lowest BCUT2D eigenvalue weighted by Gasteiger charge is -2.07. The summed E-state index contributed by atoms with van der Waals surface area (Å²) in [5.41, 5.74) is 2.60. The van der Waals surface area contributed by atoms with Gasteiger partial charge in [-0.15, -0.1) is 0 Å². The van der Waals surface area contributed by atoms with Gasteiger partial charge in [-0.3, -0.25) is 0 Å². The Morgan fingerprint density at radius 1 is 0.750 bits per heavy atom. The molecule has 0 aliphatic carbocycles. The van der Waals surface area contributed by atoms with Gasteiger partial charge >= 0.3 is 0 Å². The fraction of sp³-hybridized carbons (Fsp3) is 0.786. The third kappa shape index (κ3) is 8.50. The van der Waals surface area contributed by atoms with Crippen LogP contribution in [-0.4, -0.2) is 38.5 Å². The van der Waals surface area contributed by atoms with E-state index in [9.17, 15) is 0 Å². The summed E-state index contributed by atoms with van der Waals surface area (Å²) >= 11 is 0. The first-order valence-corrected chi connectivity index (χ1v) is 6.78. The quantitative estimate of drug-likeness (QED) is 0.432. The molecule has 0 heterocycles. The van der Waals surface area contributed by atoms with Gasteiger partial charge in [-0.1, -0.05) is 29.3 Å². The van der Waals surface area contributed by atoms with Gasteiger partial charge in [-0.05, 0) is 38.5 Å². The van der Waals surface area contributed by atoms with Crippen molar-refractivity contribution in [2.24, 2.45) is 15.5 Å². The molecule has 0 amide bonds. The fourth-order valence-electron chi connectivity index (χ4n) is 1.68. The summed E-state index contributed by atoms with van der Waals surface area (Å²) in [4.78, 5) is 14.5. The lowest BCUT2D eigenvalue weighted by molar-refractivity contribution is 0.209. The van der Waals surface area contributed by atoms with Gasteiger partial charge in [0.25, 0.3) is 0 Å². The Hall–Kier alpha value is -1.59. The first-order valence-electron chi connectivity index (χ1n) is 7.36. The maximum absolute atomic E-state index is 7.72. The molecule has 1 unspecified atom stereocenters. The van der Waals surface area contributed by atoms with Crippen molar-refractivity contribution in [3.63, 3.8) is 0 Å². The highest BCUT2D eigenvalue weighted by Gasteiger charge is 2.07. The third-order valence-electron chi connectivity index (χ3n) is 2.76. The van der Waals surface area contributed by atoms with Gasteiger partial charge in [-0.25, -0.2) is 0 Å². The van der Waals surface area contributed by atoms with Gasteiger partial charge in [0.15, 0.2) is 0 Å². The van der Waals surface area contributed by atoms with Crippen LogP contribution in [-0.2, 0) is 14.5 Å². The van der Waals surface area contributed by atoms with Crippen molar-refractivity contribution in [2.45, 2.75) is 52.3 Å². The average Bonchev–Trinajstić information content (AvgIpc) is 2.46. The van der Waals surface area contributed by atoms with Gasteiger partial charge in [-0.2, -0.15) is 0 Å². The summed E-state index contributed by atoms with van der Waals surface area (Å²) in [7, 11) is 4.56. The molecule has 0 aromatic rings. The zero-order chi connectivity index (χ0) is 16.1. The first kappa shape index (κ1) is 16.5. The zero-order valence-electron chi connectivity index (χ0n) is 14.2. The molecule has 0 bridgehead atoms. The van der Waals surface area contributed by atoms with Crippen molar-refractivity contribution < 1.29 is 15.9 Å². The number of hydrogen-bond acceptors (Lipinski definition) is 6. The first-order chi connectivity index (χ1) is 10.1. The van der Waals surface area contributed by atoms with Crippen LogP contribution in [0.3, 0.4) is 0 Å². The zero-order valence-corrected chi connectivity index (χ0v) is 13.2. The minimum atomic E-state index is -0.394. The SMILES string of the molecule is [2H]C(C)/C(CC/C(CC/C(CC)=N/OC)=N\OC)=N\OC. The number of hydrogen-bond donors (Lipinski definition) is 0. The molecule has 0 saturated heterocycles. The molecule has 0 aromatic heterocycles. The normalized spacial score (nSPS) is 15.7. The highest BCUT2D eigenvalue weighted by Crippen LogP contribution is 2.08. The van der Waals surface area contributed by atoms with Gasteiger partial charge in [0, 0.05) is 1.37 Å². The minimum absolute atomic E-state index is 0.394. The van der Waals surface area contributed by atoms with Gasteiger partial charge < -0.3 is 14.5 Å². The second-order valence-corrected chi connectivity index (χ2v) is 4.09. The van der Waals surface area contributed by atoms with Crippen LogP contribution in [0.1, 0.15) is 53.7 Å². The van der Waals surface area contributed by atoms with Crippen LogP contribution >= 0.6 is 0 Å². The summed E-state index contributed by atoms with van der Waals surface area (Å²) in [5, 5.41) is 11.9. The van der Waals surface area contributed by atoms with E-state index in [2.05, 4.69) is 15.5 Å². The molecule has 0 aliphatic heterocycles. The molecule has 0 aromatic carbocycles. The second-order valence-electron chi connectivity index (χ2n) is 4.09. The van der Waals surface area contributed by atoms with E-state index in [-0.39, 0.29) is 0 Å². The monoisotopic (exact) mass is 286 g/mol. The van der Waals surface area contributed by atoms with Crippen molar-refractivity contribution >= 4 is 17.1 Å². The van der Waals surface area contributed by atoms with Gasteiger partial charge in [0.2, 0.25) is 0 Å². The molecule has 6 heteroatoms. The van der Waals surface area contributed by atoms with E-state index in [4.69, 9.17) is 15.9 Å². The van der Waals surface area contributed by atoms with Crippen molar-refractivity contribution in [3.05, 3.63) is 0 Å². The predicted octanol–water partition coefficient (Wildman–Crippen LogP) is 3.37. The van der Waals surface area contributed by atoms with E-state index in [1.54, 1.807) is 14.0 Å². The topological polar surface area (TPSA) is 64.8 Å². The largest absolute Gasteiger partial charge is 0.399 e. The van der Waals surface area contributed by atoms with Gasteiger partial charge in [0.1, 0.15) is 21.3 Å². The van der Waals surface area contributed by atoms with Crippen LogP contribution in [0.15, 0.2) is 15.5 Å². The third-order valence-corrected chi connectivity index (χ3v) is 2.76. The van der Waals surface area contributed by atoms with E-state index in [0.717, 1.165) is 30.7 Å². The number of oxime groups is 3. The van der Waals surface area contributed by atoms with E-state index < -0.39 is 6.40 Å². The molecule has 0 saturated carbocycles. The lowest BCUT2D eigenvalue weighted by Crippen LogP contribution is -2.08.